The first-order chi connectivity index (χ1) is 23.1. The molecular formula is C32H8Cl8MgN8. The number of halogens is 8. The van der Waals surface area contributed by atoms with Crippen LogP contribution in [-0.2, 0) is 0 Å². The molecule has 0 spiro atoms. The molecule has 0 unspecified atom stereocenters. The van der Waals surface area contributed by atoms with E-state index in [4.69, 9.17) is 133 Å². The van der Waals surface area contributed by atoms with Gasteiger partial charge in [0, 0.05) is 86.5 Å². The van der Waals surface area contributed by atoms with Crippen molar-refractivity contribution in [3.8, 4) is 45.6 Å². The number of fused-ring (bicyclic) bond motifs is 20. The zero-order valence-electron chi connectivity index (χ0n) is 23.9. The van der Waals surface area contributed by atoms with Gasteiger partial charge in [-0.3, -0.25) is 0 Å². The summed E-state index contributed by atoms with van der Waals surface area (Å²) in [4.78, 5) is 38.4. The molecular weight excluding hydrogens is 804 g/mol. The van der Waals surface area contributed by atoms with E-state index in [0.29, 0.717) is 84.0 Å². The van der Waals surface area contributed by atoms with Gasteiger partial charge in [-0.2, -0.15) is 0 Å². The summed E-state index contributed by atoms with van der Waals surface area (Å²) in [6, 6.07) is 13.1. The summed E-state index contributed by atoms with van der Waals surface area (Å²) in [5.74, 6) is 0.682. The van der Waals surface area contributed by atoms with Gasteiger partial charge in [0.1, 0.15) is 0 Å². The largest absolute Gasteiger partial charge is 2.00 e. The number of hydrogen-bond donors (Lipinski definition) is 0. The van der Waals surface area contributed by atoms with Gasteiger partial charge in [0.25, 0.3) is 0 Å². The van der Waals surface area contributed by atoms with Crippen molar-refractivity contribution in [2.45, 2.75) is 0 Å². The summed E-state index contributed by atoms with van der Waals surface area (Å²) < 4.78 is 0. The van der Waals surface area contributed by atoms with Gasteiger partial charge in [0.05, 0.1) is 43.4 Å². The topological polar surface area (TPSA) is 106 Å². The molecule has 2 aliphatic heterocycles. The minimum atomic E-state index is 0. The second-order valence-electron chi connectivity index (χ2n) is 10.6. The van der Waals surface area contributed by atoms with Crippen LogP contribution in [0.2, 0.25) is 40.2 Å². The number of nitrogens with zero attached hydrogens (tertiary/aromatic N) is 8. The third-order valence-electron chi connectivity index (χ3n) is 7.90. The van der Waals surface area contributed by atoms with Crippen molar-refractivity contribution in [1.29, 1.82) is 0 Å². The van der Waals surface area contributed by atoms with Crippen LogP contribution in [0.1, 0.15) is 0 Å². The molecule has 8 nitrogen and oxygen atoms in total. The maximum absolute atomic E-state index is 6.74. The summed E-state index contributed by atoms with van der Waals surface area (Å²) in [5.41, 5.74) is 2.40. The fourth-order valence-electron chi connectivity index (χ4n) is 5.85. The maximum Gasteiger partial charge on any atom is 2.00 e. The Bertz CT molecular complexity index is 2430. The molecule has 0 atom stereocenters. The van der Waals surface area contributed by atoms with Crippen LogP contribution in [0.25, 0.3) is 89.7 Å². The van der Waals surface area contributed by atoms with E-state index in [1.807, 2.05) is 0 Å². The van der Waals surface area contributed by atoms with E-state index >= 15 is 0 Å². The first-order valence-corrected chi connectivity index (χ1v) is 16.8. The molecule has 8 bridgehead atoms. The minimum Gasteiger partial charge on any atom is -0.357 e. The summed E-state index contributed by atoms with van der Waals surface area (Å²) >= 11 is 53.9. The molecule has 0 aliphatic carbocycles. The predicted octanol–water partition coefficient (Wildman–Crippen LogP) is 11.0. The van der Waals surface area contributed by atoms with Crippen molar-refractivity contribution in [3.05, 3.63) is 88.7 Å². The van der Waals surface area contributed by atoms with Crippen molar-refractivity contribution in [1.82, 2.24) is 39.9 Å². The monoisotopic (exact) mass is 808 g/mol. The van der Waals surface area contributed by atoms with Crippen LogP contribution < -0.4 is 9.97 Å². The fraction of sp³-hybridized carbons (Fsp3) is 0. The Hall–Kier alpha value is -2.67. The van der Waals surface area contributed by atoms with Crippen molar-refractivity contribution in [2.75, 3.05) is 0 Å². The van der Waals surface area contributed by atoms with Crippen LogP contribution >= 0.6 is 92.8 Å². The Kier molecular flexibility index (Phi) is 8.36. The second kappa shape index (κ2) is 12.2. The number of aromatic nitrogens is 8. The predicted molar refractivity (Wildman–Crippen MR) is 200 cm³/mol. The third kappa shape index (κ3) is 5.09. The Labute approximate surface area is 331 Å². The van der Waals surface area contributed by atoms with Gasteiger partial charge >= 0.3 is 23.1 Å². The smallest absolute Gasteiger partial charge is 0.357 e. The van der Waals surface area contributed by atoms with Crippen LogP contribution in [0.4, 0.5) is 0 Å². The van der Waals surface area contributed by atoms with Crippen LogP contribution in [0.3, 0.4) is 0 Å². The summed E-state index contributed by atoms with van der Waals surface area (Å²) in [6.07, 6.45) is 0. The van der Waals surface area contributed by atoms with Gasteiger partial charge in [-0.1, -0.05) is 92.8 Å². The second-order valence-corrected chi connectivity index (χ2v) is 13.9. The Morgan fingerprint density at radius 2 is 0.510 bits per heavy atom. The first-order valence-electron chi connectivity index (χ1n) is 13.7. The average molecular weight is 812 g/mol. The van der Waals surface area contributed by atoms with Gasteiger partial charge in [-0.05, 0) is 48.5 Å². The van der Waals surface area contributed by atoms with Gasteiger partial charge in [-0.25, -0.2) is 9.97 Å². The number of rotatable bonds is 0. The molecule has 0 saturated carbocycles. The van der Waals surface area contributed by atoms with Gasteiger partial charge < -0.3 is 29.9 Å². The van der Waals surface area contributed by atoms with E-state index < -0.39 is 0 Å². The van der Waals surface area contributed by atoms with Crippen molar-refractivity contribution >= 4 is 160 Å². The zero-order chi connectivity index (χ0) is 33.2. The molecule has 0 radical (unpaired) electrons. The minimum absolute atomic E-state index is 0. The standard InChI is InChI=1S/C32H8Cl8N8.Mg/c33-9-1-2-10(34)18-17(9)25-41-26(18)46-28-21-13(37)5-6-14(38)22(21)30(43-28)48-32-24-16(40)8-7-15(39)23(24)31(44-32)47-29-20-12(36)4-3-11(35)19(20)27(42-29)45-25;/h1-8H;/q-2;+2. The molecule has 5 heterocycles. The first kappa shape index (κ1) is 33.5. The van der Waals surface area contributed by atoms with Gasteiger partial charge in [0.2, 0.25) is 0 Å². The van der Waals surface area contributed by atoms with Crippen LogP contribution in [-0.4, -0.2) is 53.0 Å². The Morgan fingerprint density at radius 3 is 0.735 bits per heavy atom. The molecule has 0 saturated heterocycles. The van der Waals surface area contributed by atoms with Crippen LogP contribution in [0, 0.1) is 0 Å². The number of benzene rings is 4. The van der Waals surface area contributed by atoms with E-state index in [1.165, 1.54) is 0 Å². The van der Waals surface area contributed by atoms with E-state index in [0.717, 1.165) is 0 Å². The SMILES string of the molecule is Clc1ccc(Cl)c2c1-c1nc-2nc2[n-]c(nc3nc(nc4[n-]c(n1)c1c(Cl)ccc(Cl)c41)-c1c(Cl)ccc(Cl)c1-3)c1c(Cl)ccc(Cl)c21.[Mg+2]. The quantitative estimate of drug-likeness (QED) is 0.139. The maximum atomic E-state index is 6.74. The van der Waals surface area contributed by atoms with Crippen LogP contribution in [0.15, 0.2) is 48.5 Å². The Balaban J connectivity index is 0.00000348. The zero-order valence-corrected chi connectivity index (χ0v) is 31.4. The molecule has 0 N–H and O–H groups in total. The molecule has 49 heavy (non-hydrogen) atoms. The van der Waals surface area contributed by atoms with E-state index in [2.05, 4.69) is 0 Å². The molecule has 3 aromatic heterocycles. The molecule has 7 aromatic rings. The normalized spacial score (nSPS) is 11.9. The van der Waals surface area contributed by atoms with Gasteiger partial charge in [-0.15, -0.1) is 0 Å². The van der Waals surface area contributed by atoms with Crippen molar-refractivity contribution < 1.29 is 0 Å². The summed E-state index contributed by atoms with van der Waals surface area (Å²) in [6.45, 7) is 0. The van der Waals surface area contributed by atoms with Crippen molar-refractivity contribution in [2.24, 2.45) is 0 Å². The molecule has 0 fully saturated rings. The summed E-state index contributed by atoms with van der Waals surface area (Å²) in [7, 11) is 0. The summed E-state index contributed by atoms with van der Waals surface area (Å²) in [5, 5.41) is 4.34. The average Bonchev–Trinajstić information content (AvgIpc) is 3.80. The Morgan fingerprint density at radius 1 is 0.306 bits per heavy atom. The van der Waals surface area contributed by atoms with Gasteiger partial charge in [0.15, 0.2) is 0 Å². The van der Waals surface area contributed by atoms with Crippen LogP contribution in [0.5, 0.6) is 0 Å². The van der Waals surface area contributed by atoms with Crippen molar-refractivity contribution in [3.63, 3.8) is 0 Å². The van der Waals surface area contributed by atoms with E-state index in [1.54, 1.807) is 48.5 Å². The third-order valence-corrected chi connectivity index (χ3v) is 10.4. The van der Waals surface area contributed by atoms with E-state index in [-0.39, 0.29) is 68.9 Å². The molecule has 17 heteroatoms. The molecule has 0 amide bonds. The fourth-order valence-corrected chi connectivity index (χ4v) is 7.79. The number of hydrogen-bond acceptors (Lipinski definition) is 6. The molecule has 4 aromatic carbocycles. The van der Waals surface area contributed by atoms with E-state index in [9.17, 15) is 0 Å². The molecule has 234 valence electrons. The molecule has 2 aliphatic rings. The molecule has 9 rings (SSSR count).